The lowest BCUT2D eigenvalue weighted by Crippen LogP contribution is -2.37. The number of imide groups is 1. The summed E-state index contributed by atoms with van der Waals surface area (Å²) < 4.78 is 0. The molecule has 0 spiro atoms. The third-order valence-corrected chi connectivity index (χ3v) is 5.48. The Bertz CT molecular complexity index is 844. The zero-order valence-electron chi connectivity index (χ0n) is 15.3. The number of rotatable bonds is 4. The first-order valence-electron chi connectivity index (χ1n) is 9.29. The fraction of sp³-hybridized carbons (Fsp3) is 0.333. The van der Waals surface area contributed by atoms with Gasteiger partial charge in [-0.2, -0.15) is 0 Å². The van der Waals surface area contributed by atoms with Crippen LogP contribution >= 0.6 is 12.4 Å². The van der Waals surface area contributed by atoms with Crippen molar-refractivity contribution < 1.29 is 14.4 Å². The molecule has 0 unspecified atom stereocenters. The van der Waals surface area contributed by atoms with E-state index in [1.54, 1.807) is 48.8 Å². The van der Waals surface area contributed by atoms with Gasteiger partial charge in [-0.15, -0.1) is 12.4 Å². The first-order valence-corrected chi connectivity index (χ1v) is 9.29. The van der Waals surface area contributed by atoms with Crippen LogP contribution in [0.1, 0.15) is 46.4 Å². The molecule has 0 radical (unpaired) electrons. The molecule has 6 nitrogen and oxygen atoms in total. The van der Waals surface area contributed by atoms with Crippen LogP contribution in [0, 0.1) is 11.8 Å². The highest BCUT2D eigenvalue weighted by Crippen LogP contribution is 2.32. The molecule has 1 N–H and O–H groups in total. The van der Waals surface area contributed by atoms with Crippen LogP contribution in [0.15, 0.2) is 48.8 Å². The van der Waals surface area contributed by atoms with Crippen molar-refractivity contribution in [3.05, 3.63) is 59.9 Å². The van der Waals surface area contributed by atoms with Gasteiger partial charge >= 0.3 is 0 Å². The molecule has 1 aliphatic carbocycles. The van der Waals surface area contributed by atoms with Gasteiger partial charge in [-0.1, -0.05) is 12.1 Å². The van der Waals surface area contributed by atoms with Crippen molar-refractivity contribution in [2.45, 2.75) is 25.7 Å². The Kier molecular flexibility index (Phi) is 6.09. The SMILES string of the molecule is Cl.O=C(Nc1ccncc1)C1CCC(CN2C(=O)c3ccccc3C2=O)CC1. The molecule has 7 heteroatoms. The molecular formula is C21H22ClN3O3. The first kappa shape index (κ1) is 20.0. The number of hydrogen-bond acceptors (Lipinski definition) is 4. The van der Waals surface area contributed by atoms with Gasteiger partial charge in [0, 0.05) is 30.5 Å². The lowest BCUT2D eigenvalue weighted by molar-refractivity contribution is -0.121. The normalized spacial score (nSPS) is 21.1. The molecule has 2 heterocycles. The summed E-state index contributed by atoms with van der Waals surface area (Å²) in [7, 11) is 0. The van der Waals surface area contributed by atoms with E-state index < -0.39 is 0 Å². The molecule has 3 amide bonds. The smallest absolute Gasteiger partial charge is 0.261 e. The van der Waals surface area contributed by atoms with Gasteiger partial charge in [0.05, 0.1) is 11.1 Å². The summed E-state index contributed by atoms with van der Waals surface area (Å²) in [4.78, 5) is 42.7. The van der Waals surface area contributed by atoms with Crippen molar-refractivity contribution >= 4 is 35.8 Å². The molecule has 1 saturated carbocycles. The average molecular weight is 400 g/mol. The van der Waals surface area contributed by atoms with Gasteiger partial charge in [-0.05, 0) is 55.9 Å². The standard InChI is InChI=1S/C21H21N3O3.ClH/c25-19(23-16-9-11-22-12-10-16)15-7-5-14(6-8-15)13-24-20(26)17-3-1-2-4-18(17)21(24)27;/h1-4,9-12,14-15H,5-8,13H2,(H,22,23,25);1H. The van der Waals surface area contributed by atoms with E-state index in [-0.39, 0.29) is 42.0 Å². The van der Waals surface area contributed by atoms with Crippen LogP contribution in [0.4, 0.5) is 5.69 Å². The molecule has 1 aromatic carbocycles. The Morgan fingerprint density at radius 2 is 1.54 bits per heavy atom. The van der Waals surface area contributed by atoms with Crippen molar-refractivity contribution in [2.24, 2.45) is 11.8 Å². The van der Waals surface area contributed by atoms with Crippen LogP contribution in [-0.2, 0) is 4.79 Å². The van der Waals surface area contributed by atoms with E-state index in [0.29, 0.717) is 17.7 Å². The van der Waals surface area contributed by atoms with Gasteiger partial charge in [0.2, 0.25) is 5.91 Å². The zero-order valence-corrected chi connectivity index (χ0v) is 16.2. The lowest BCUT2D eigenvalue weighted by atomic mass is 9.81. The molecule has 2 aliphatic rings. The molecule has 28 heavy (non-hydrogen) atoms. The third kappa shape index (κ3) is 3.92. The fourth-order valence-electron chi connectivity index (χ4n) is 3.95. The molecule has 146 valence electrons. The number of nitrogens with one attached hydrogen (secondary N) is 1. The van der Waals surface area contributed by atoms with Gasteiger partial charge in [-0.3, -0.25) is 24.3 Å². The first-order chi connectivity index (χ1) is 13.1. The zero-order chi connectivity index (χ0) is 18.8. The lowest BCUT2D eigenvalue weighted by Gasteiger charge is -2.30. The van der Waals surface area contributed by atoms with Crippen LogP contribution in [0.3, 0.4) is 0 Å². The number of carbonyl (C=O) groups excluding carboxylic acids is 3. The van der Waals surface area contributed by atoms with Crippen LogP contribution in [0.2, 0.25) is 0 Å². The third-order valence-electron chi connectivity index (χ3n) is 5.48. The van der Waals surface area contributed by atoms with Crippen molar-refractivity contribution in [2.75, 3.05) is 11.9 Å². The maximum absolute atomic E-state index is 12.5. The van der Waals surface area contributed by atoms with E-state index in [1.807, 2.05) is 0 Å². The van der Waals surface area contributed by atoms with E-state index in [4.69, 9.17) is 0 Å². The number of carbonyl (C=O) groups is 3. The van der Waals surface area contributed by atoms with E-state index in [9.17, 15) is 14.4 Å². The van der Waals surface area contributed by atoms with E-state index in [2.05, 4.69) is 10.3 Å². The van der Waals surface area contributed by atoms with E-state index in [1.165, 1.54) is 4.90 Å². The van der Waals surface area contributed by atoms with Crippen LogP contribution in [0.25, 0.3) is 0 Å². The summed E-state index contributed by atoms with van der Waals surface area (Å²) in [5.74, 6) is -0.157. The highest BCUT2D eigenvalue weighted by atomic mass is 35.5. The van der Waals surface area contributed by atoms with Gasteiger partial charge in [0.15, 0.2) is 0 Å². The highest BCUT2D eigenvalue weighted by Gasteiger charge is 2.37. The van der Waals surface area contributed by atoms with E-state index >= 15 is 0 Å². The quantitative estimate of drug-likeness (QED) is 0.797. The second-order valence-corrected chi connectivity index (χ2v) is 7.21. The Morgan fingerprint density at radius 1 is 0.964 bits per heavy atom. The van der Waals surface area contributed by atoms with Gasteiger partial charge in [-0.25, -0.2) is 0 Å². The average Bonchev–Trinajstić information content (AvgIpc) is 2.94. The molecule has 0 bridgehead atoms. The van der Waals surface area contributed by atoms with Crippen LogP contribution in [-0.4, -0.2) is 34.2 Å². The van der Waals surface area contributed by atoms with Crippen molar-refractivity contribution in [1.82, 2.24) is 9.88 Å². The Morgan fingerprint density at radius 3 is 2.11 bits per heavy atom. The maximum Gasteiger partial charge on any atom is 0.261 e. The van der Waals surface area contributed by atoms with Crippen molar-refractivity contribution in [3.8, 4) is 0 Å². The number of aromatic nitrogens is 1. The van der Waals surface area contributed by atoms with Crippen LogP contribution in [0.5, 0.6) is 0 Å². The number of anilines is 1. The minimum atomic E-state index is -0.201. The molecule has 1 fully saturated rings. The fourth-order valence-corrected chi connectivity index (χ4v) is 3.95. The minimum Gasteiger partial charge on any atom is -0.326 e. The summed E-state index contributed by atoms with van der Waals surface area (Å²) in [6.07, 6.45) is 6.50. The number of amides is 3. The van der Waals surface area contributed by atoms with Crippen LogP contribution < -0.4 is 5.32 Å². The Labute approximate surface area is 169 Å². The molecule has 1 aromatic heterocycles. The Hall–Kier alpha value is -2.73. The molecule has 2 aromatic rings. The summed E-state index contributed by atoms with van der Waals surface area (Å²) in [6, 6.07) is 10.5. The van der Waals surface area contributed by atoms with Gasteiger partial charge < -0.3 is 5.32 Å². The molecule has 0 atom stereocenters. The number of nitrogens with zero attached hydrogens (tertiary/aromatic N) is 2. The summed E-state index contributed by atoms with van der Waals surface area (Å²) in [6.45, 7) is 0.436. The summed E-state index contributed by atoms with van der Waals surface area (Å²) >= 11 is 0. The summed E-state index contributed by atoms with van der Waals surface area (Å²) in [5, 5.41) is 2.93. The topological polar surface area (TPSA) is 79.4 Å². The maximum atomic E-state index is 12.5. The second-order valence-electron chi connectivity index (χ2n) is 7.21. The molecule has 4 rings (SSSR count). The predicted octanol–water partition coefficient (Wildman–Crippen LogP) is 3.54. The largest absolute Gasteiger partial charge is 0.326 e. The minimum absolute atomic E-state index is 0. The number of pyridine rings is 1. The predicted molar refractivity (Wildman–Crippen MR) is 107 cm³/mol. The van der Waals surface area contributed by atoms with Gasteiger partial charge in [0.25, 0.3) is 11.8 Å². The highest BCUT2D eigenvalue weighted by molar-refractivity contribution is 6.21. The van der Waals surface area contributed by atoms with Crippen molar-refractivity contribution in [3.63, 3.8) is 0 Å². The summed E-state index contributed by atoms with van der Waals surface area (Å²) in [5.41, 5.74) is 1.74. The number of hydrogen-bond donors (Lipinski definition) is 1. The number of fused-ring (bicyclic) bond motifs is 1. The molecular weight excluding hydrogens is 378 g/mol. The Balaban J connectivity index is 0.00000225. The number of benzene rings is 1. The second kappa shape index (κ2) is 8.52. The van der Waals surface area contributed by atoms with Crippen molar-refractivity contribution in [1.29, 1.82) is 0 Å². The molecule has 1 aliphatic heterocycles. The monoisotopic (exact) mass is 399 g/mol. The van der Waals surface area contributed by atoms with E-state index in [0.717, 1.165) is 31.4 Å². The number of halogens is 1. The van der Waals surface area contributed by atoms with Gasteiger partial charge in [0.1, 0.15) is 0 Å². The molecule has 0 saturated heterocycles.